The third-order valence-electron chi connectivity index (χ3n) is 3.54. The first-order valence-corrected chi connectivity index (χ1v) is 6.70. The van der Waals surface area contributed by atoms with Gasteiger partial charge < -0.3 is 15.1 Å². The lowest BCUT2D eigenvalue weighted by Crippen LogP contribution is -3.14. The summed E-state index contributed by atoms with van der Waals surface area (Å²) in [6.07, 6.45) is 0. The number of hydrogen-bond donors (Lipinski definition) is 2. The number of quaternary nitrogens is 1. The Morgan fingerprint density at radius 1 is 1.28 bits per heavy atom. The lowest BCUT2D eigenvalue weighted by Gasteiger charge is -2.31. The number of urea groups is 1. The van der Waals surface area contributed by atoms with E-state index >= 15 is 0 Å². The fourth-order valence-corrected chi connectivity index (χ4v) is 2.26. The van der Waals surface area contributed by atoms with Gasteiger partial charge in [-0.15, -0.1) is 0 Å². The molecule has 1 aliphatic heterocycles. The van der Waals surface area contributed by atoms with Crippen LogP contribution >= 0.6 is 0 Å². The molecule has 2 rings (SSSR count). The highest BCUT2D eigenvalue weighted by molar-refractivity contribution is 5.74. The molecule has 1 saturated heterocycles. The van der Waals surface area contributed by atoms with E-state index in [4.69, 9.17) is 0 Å². The second kappa shape index (κ2) is 6.40. The van der Waals surface area contributed by atoms with Crippen molar-refractivity contribution in [3.05, 3.63) is 35.9 Å². The molecule has 98 valence electrons. The zero-order chi connectivity index (χ0) is 12.8. The maximum Gasteiger partial charge on any atom is 0.318 e. The number of nitrogens with one attached hydrogen (secondary N) is 2. The van der Waals surface area contributed by atoms with Crippen LogP contribution in [0.2, 0.25) is 0 Å². The van der Waals surface area contributed by atoms with Gasteiger partial charge in [-0.05, 0) is 12.5 Å². The van der Waals surface area contributed by atoms with Gasteiger partial charge in [-0.1, -0.05) is 30.3 Å². The summed E-state index contributed by atoms with van der Waals surface area (Å²) in [5.74, 6) is 0. The topological polar surface area (TPSA) is 36.8 Å². The van der Waals surface area contributed by atoms with Gasteiger partial charge in [0.05, 0.1) is 32.7 Å². The molecule has 0 spiro atoms. The van der Waals surface area contributed by atoms with E-state index in [-0.39, 0.29) is 6.03 Å². The van der Waals surface area contributed by atoms with Gasteiger partial charge in [-0.3, -0.25) is 0 Å². The second-order valence-electron chi connectivity index (χ2n) is 4.73. The molecule has 0 radical (unpaired) electrons. The zero-order valence-electron chi connectivity index (χ0n) is 11.0. The fraction of sp³-hybridized carbons (Fsp3) is 0.500. The van der Waals surface area contributed by atoms with E-state index in [2.05, 4.69) is 12.2 Å². The van der Waals surface area contributed by atoms with Crippen molar-refractivity contribution in [3.8, 4) is 0 Å². The van der Waals surface area contributed by atoms with E-state index in [0.717, 1.165) is 38.3 Å². The van der Waals surface area contributed by atoms with Crippen molar-refractivity contribution in [1.29, 1.82) is 0 Å². The smallest absolute Gasteiger partial charge is 0.318 e. The Hall–Kier alpha value is -1.55. The largest absolute Gasteiger partial charge is 0.334 e. The summed E-state index contributed by atoms with van der Waals surface area (Å²) < 4.78 is 0. The number of hydrogen-bond acceptors (Lipinski definition) is 1. The first-order chi connectivity index (χ1) is 8.79. The molecule has 0 aromatic heterocycles. The van der Waals surface area contributed by atoms with Crippen LogP contribution in [0.1, 0.15) is 12.5 Å². The van der Waals surface area contributed by atoms with Crippen molar-refractivity contribution in [3.63, 3.8) is 0 Å². The molecule has 0 bridgehead atoms. The summed E-state index contributed by atoms with van der Waals surface area (Å²) in [6, 6.07) is 10.1. The van der Waals surface area contributed by atoms with Crippen molar-refractivity contribution < 1.29 is 9.69 Å². The number of benzene rings is 1. The van der Waals surface area contributed by atoms with E-state index in [1.807, 2.05) is 35.2 Å². The molecule has 2 amide bonds. The average Bonchev–Trinajstić information content (AvgIpc) is 2.46. The SMILES string of the molecule is CC[NH+]1CCN(C(=O)NCc2ccccc2)CC1. The van der Waals surface area contributed by atoms with Gasteiger partial charge in [-0.25, -0.2) is 4.79 Å². The predicted molar refractivity (Wildman–Crippen MR) is 71.5 cm³/mol. The van der Waals surface area contributed by atoms with Gasteiger partial charge in [0.25, 0.3) is 0 Å². The van der Waals surface area contributed by atoms with Crippen molar-refractivity contribution in [1.82, 2.24) is 10.2 Å². The van der Waals surface area contributed by atoms with Gasteiger partial charge in [0, 0.05) is 6.54 Å². The molecule has 1 heterocycles. The normalized spacial score (nSPS) is 16.6. The molecular formula is C14H22N3O+. The summed E-state index contributed by atoms with van der Waals surface area (Å²) in [6.45, 7) is 7.82. The third kappa shape index (κ3) is 3.47. The third-order valence-corrected chi connectivity index (χ3v) is 3.54. The summed E-state index contributed by atoms with van der Waals surface area (Å²) in [5.41, 5.74) is 1.14. The van der Waals surface area contributed by atoms with E-state index < -0.39 is 0 Å². The maximum absolute atomic E-state index is 12.0. The summed E-state index contributed by atoms with van der Waals surface area (Å²) in [5, 5.41) is 2.98. The van der Waals surface area contributed by atoms with Crippen LogP contribution in [0.3, 0.4) is 0 Å². The molecule has 1 aromatic rings. The monoisotopic (exact) mass is 248 g/mol. The van der Waals surface area contributed by atoms with Crippen LogP contribution in [0, 0.1) is 0 Å². The molecule has 1 aliphatic rings. The maximum atomic E-state index is 12.0. The molecule has 0 saturated carbocycles. The molecular weight excluding hydrogens is 226 g/mol. The fourth-order valence-electron chi connectivity index (χ4n) is 2.26. The number of carbonyl (C=O) groups is 1. The van der Waals surface area contributed by atoms with Crippen LogP contribution in [0.5, 0.6) is 0 Å². The Morgan fingerprint density at radius 2 is 1.94 bits per heavy atom. The summed E-state index contributed by atoms with van der Waals surface area (Å²) in [7, 11) is 0. The lowest BCUT2D eigenvalue weighted by molar-refractivity contribution is -0.902. The van der Waals surface area contributed by atoms with Gasteiger partial charge in [-0.2, -0.15) is 0 Å². The second-order valence-corrected chi connectivity index (χ2v) is 4.73. The van der Waals surface area contributed by atoms with Gasteiger partial charge in [0.1, 0.15) is 0 Å². The number of nitrogens with zero attached hydrogens (tertiary/aromatic N) is 1. The number of carbonyl (C=O) groups excluding carboxylic acids is 1. The highest BCUT2D eigenvalue weighted by Crippen LogP contribution is 1.98. The number of piperazine rings is 1. The summed E-state index contributed by atoms with van der Waals surface area (Å²) >= 11 is 0. The molecule has 0 atom stereocenters. The van der Waals surface area contributed by atoms with Crippen molar-refractivity contribution >= 4 is 6.03 Å². The predicted octanol–water partition coefficient (Wildman–Crippen LogP) is 0.117. The Kier molecular flexibility index (Phi) is 4.59. The van der Waals surface area contributed by atoms with E-state index in [9.17, 15) is 4.79 Å². The van der Waals surface area contributed by atoms with Crippen LogP contribution in [0.15, 0.2) is 30.3 Å². The molecule has 2 N–H and O–H groups in total. The minimum atomic E-state index is 0.0639. The van der Waals surface area contributed by atoms with Crippen LogP contribution < -0.4 is 10.2 Å². The molecule has 18 heavy (non-hydrogen) atoms. The minimum Gasteiger partial charge on any atom is -0.334 e. The Bertz CT molecular complexity index is 372. The Morgan fingerprint density at radius 3 is 2.56 bits per heavy atom. The van der Waals surface area contributed by atoms with Crippen molar-refractivity contribution in [2.24, 2.45) is 0 Å². The molecule has 0 aliphatic carbocycles. The highest BCUT2D eigenvalue weighted by Gasteiger charge is 2.21. The molecule has 1 fully saturated rings. The molecule has 4 nitrogen and oxygen atoms in total. The molecule has 4 heteroatoms. The van der Waals surface area contributed by atoms with Gasteiger partial charge in [0.2, 0.25) is 0 Å². The van der Waals surface area contributed by atoms with Crippen LogP contribution in [0.4, 0.5) is 4.79 Å². The molecule has 1 aromatic carbocycles. The number of likely N-dealkylation sites (N-methyl/N-ethyl adjacent to an activating group) is 1. The average molecular weight is 248 g/mol. The highest BCUT2D eigenvalue weighted by atomic mass is 16.2. The van der Waals surface area contributed by atoms with Crippen LogP contribution in [0.25, 0.3) is 0 Å². The zero-order valence-corrected chi connectivity index (χ0v) is 11.0. The molecule has 0 unspecified atom stereocenters. The summed E-state index contributed by atoms with van der Waals surface area (Å²) in [4.78, 5) is 15.5. The van der Waals surface area contributed by atoms with Crippen LogP contribution in [-0.2, 0) is 6.54 Å². The van der Waals surface area contributed by atoms with Crippen molar-refractivity contribution in [2.45, 2.75) is 13.5 Å². The van der Waals surface area contributed by atoms with Crippen LogP contribution in [-0.4, -0.2) is 43.7 Å². The van der Waals surface area contributed by atoms with E-state index in [0.29, 0.717) is 6.54 Å². The first kappa shape index (κ1) is 12.9. The Labute approximate surface area is 109 Å². The lowest BCUT2D eigenvalue weighted by atomic mass is 10.2. The van der Waals surface area contributed by atoms with E-state index in [1.54, 1.807) is 4.90 Å². The first-order valence-electron chi connectivity index (χ1n) is 6.70. The Balaban J connectivity index is 1.75. The van der Waals surface area contributed by atoms with Gasteiger partial charge in [0.15, 0.2) is 0 Å². The number of rotatable bonds is 3. The standard InChI is InChI=1S/C14H21N3O/c1-2-16-8-10-17(11-9-16)14(18)15-12-13-6-4-3-5-7-13/h3-7H,2,8-12H2,1H3,(H,15,18)/p+1. The minimum absolute atomic E-state index is 0.0639. The van der Waals surface area contributed by atoms with E-state index in [1.165, 1.54) is 0 Å². The number of amides is 2. The quantitative estimate of drug-likeness (QED) is 0.783. The van der Waals surface area contributed by atoms with Crippen molar-refractivity contribution in [2.75, 3.05) is 32.7 Å². The van der Waals surface area contributed by atoms with Gasteiger partial charge >= 0.3 is 6.03 Å².